The van der Waals surface area contributed by atoms with Gasteiger partial charge in [0.15, 0.2) is 0 Å². The zero-order valence-electron chi connectivity index (χ0n) is 7.29. The summed E-state index contributed by atoms with van der Waals surface area (Å²) in [5.41, 5.74) is 1.32. The van der Waals surface area contributed by atoms with E-state index in [1.54, 1.807) is 0 Å². The van der Waals surface area contributed by atoms with Crippen LogP contribution in [0, 0.1) is 6.92 Å². The van der Waals surface area contributed by atoms with Crippen LogP contribution in [-0.2, 0) is 4.79 Å². The van der Waals surface area contributed by atoms with Gasteiger partial charge < -0.3 is 4.79 Å². The Morgan fingerprint density at radius 3 is 1.64 bits per heavy atom. The minimum atomic E-state index is 0.167. The standard InChI is InChI=1S/C7H8.C3H6O/c1-7-5-3-2-4-6-7;1-3(2)4/h2-6H,1H3;1-2H3. The Morgan fingerprint density at radius 1 is 1.09 bits per heavy atom. The van der Waals surface area contributed by atoms with Crippen molar-refractivity contribution in [2.45, 2.75) is 20.8 Å². The van der Waals surface area contributed by atoms with E-state index in [-0.39, 0.29) is 5.78 Å². The van der Waals surface area contributed by atoms with E-state index in [4.69, 9.17) is 0 Å². The molecule has 0 aromatic heterocycles. The predicted octanol–water partition coefficient (Wildman–Crippen LogP) is 2.59. The smallest absolute Gasteiger partial charge is 0.126 e. The summed E-state index contributed by atoms with van der Waals surface area (Å²) >= 11 is 0. The molecular formula is C10H14O. The van der Waals surface area contributed by atoms with Crippen LogP contribution in [0.2, 0.25) is 0 Å². The van der Waals surface area contributed by atoms with E-state index in [1.165, 1.54) is 19.4 Å². The summed E-state index contributed by atoms with van der Waals surface area (Å²) in [6.07, 6.45) is 0. The lowest BCUT2D eigenvalue weighted by atomic mass is 10.2. The van der Waals surface area contributed by atoms with E-state index in [0.717, 1.165) is 0 Å². The SMILES string of the molecule is CC(C)=O.Cc1ccccc1. The minimum absolute atomic E-state index is 0.167. The second-order valence-electron chi connectivity index (χ2n) is 2.56. The molecule has 0 amide bonds. The summed E-state index contributed by atoms with van der Waals surface area (Å²) < 4.78 is 0. The molecule has 0 radical (unpaired) electrons. The molecule has 0 saturated heterocycles. The number of carbonyl (C=O) groups excluding carboxylic acids is 1. The van der Waals surface area contributed by atoms with Crippen molar-refractivity contribution in [1.29, 1.82) is 0 Å². The third-order valence-electron chi connectivity index (χ3n) is 0.940. The van der Waals surface area contributed by atoms with Crippen molar-refractivity contribution in [3.8, 4) is 0 Å². The molecule has 0 aliphatic carbocycles. The van der Waals surface area contributed by atoms with Crippen molar-refractivity contribution in [1.82, 2.24) is 0 Å². The molecular weight excluding hydrogens is 136 g/mol. The Hall–Kier alpha value is -1.11. The third-order valence-corrected chi connectivity index (χ3v) is 0.940. The van der Waals surface area contributed by atoms with Gasteiger partial charge in [-0.05, 0) is 20.8 Å². The fourth-order valence-corrected chi connectivity index (χ4v) is 0.534. The van der Waals surface area contributed by atoms with Crippen LogP contribution in [0.1, 0.15) is 19.4 Å². The topological polar surface area (TPSA) is 17.1 Å². The molecule has 1 rings (SSSR count). The van der Waals surface area contributed by atoms with Gasteiger partial charge >= 0.3 is 0 Å². The first-order valence-electron chi connectivity index (χ1n) is 3.61. The molecule has 0 bridgehead atoms. The zero-order chi connectivity index (χ0) is 8.69. The monoisotopic (exact) mass is 150 g/mol. The number of hydrogen-bond donors (Lipinski definition) is 0. The minimum Gasteiger partial charge on any atom is -0.300 e. The third kappa shape index (κ3) is 8.89. The zero-order valence-corrected chi connectivity index (χ0v) is 7.29. The molecule has 0 aliphatic heterocycles. The highest BCUT2D eigenvalue weighted by atomic mass is 16.1. The Morgan fingerprint density at radius 2 is 1.45 bits per heavy atom. The van der Waals surface area contributed by atoms with Crippen molar-refractivity contribution in [2.24, 2.45) is 0 Å². The van der Waals surface area contributed by atoms with Crippen LogP contribution in [0.5, 0.6) is 0 Å². The average molecular weight is 150 g/mol. The number of rotatable bonds is 0. The quantitative estimate of drug-likeness (QED) is 0.555. The lowest BCUT2D eigenvalue weighted by molar-refractivity contribution is -0.114. The van der Waals surface area contributed by atoms with Gasteiger partial charge in [-0.1, -0.05) is 35.9 Å². The van der Waals surface area contributed by atoms with Crippen LogP contribution in [0.15, 0.2) is 30.3 Å². The highest BCUT2D eigenvalue weighted by Gasteiger charge is 1.72. The van der Waals surface area contributed by atoms with Gasteiger partial charge in [0.25, 0.3) is 0 Å². The van der Waals surface area contributed by atoms with Gasteiger partial charge in [-0.3, -0.25) is 0 Å². The van der Waals surface area contributed by atoms with Crippen molar-refractivity contribution in [3.63, 3.8) is 0 Å². The maximum atomic E-state index is 9.44. The van der Waals surface area contributed by atoms with E-state index in [0.29, 0.717) is 0 Å². The van der Waals surface area contributed by atoms with Crippen molar-refractivity contribution < 1.29 is 4.79 Å². The van der Waals surface area contributed by atoms with E-state index in [2.05, 4.69) is 19.1 Å². The van der Waals surface area contributed by atoms with E-state index >= 15 is 0 Å². The number of aryl methyl sites for hydroxylation is 1. The second kappa shape index (κ2) is 5.66. The Kier molecular flexibility index (Phi) is 5.09. The lowest BCUT2D eigenvalue weighted by Gasteiger charge is -1.82. The Labute approximate surface area is 68.1 Å². The van der Waals surface area contributed by atoms with E-state index < -0.39 is 0 Å². The van der Waals surface area contributed by atoms with Crippen LogP contribution in [0.25, 0.3) is 0 Å². The number of ketones is 1. The maximum absolute atomic E-state index is 9.44. The van der Waals surface area contributed by atoms with Gasteiger partial charge in [-0.15, -0.1) is 0 Å². The normalized spacial score (nSPS) is 7.91. The first-order chi connectivity index (χ1) is 5.13. The van der Waals surface area contributed by atoms with Crippen LogP contribution in [0.3, 0.4) is 0 Å². The molecule has 1 aromatic rings. The molecule has 0 fully saturated rings. The molecule has 60 valence electrons. The Balaban J connectivity index is 0.000000218. The average Bonchev–Trinajstić information content (AvgIpc) is 1.87. The van der Waals surface area contributed by atoms with E-state index in [1.807, 2.05) is 18.2 Å². The summed E-state index contributed by atoms with van der Waals surface area (Å²) in [5.74, 6) is 0.167. The van der Waals surface area contributed by atoms with Gasteiger partial charge in [-0.2, -0.15) is 0 Å². The molecule has 0 unspecified atom stereocenters. The molecule has 1 nitrogen and oxygen atoms in total. The molecule has 0 atom stereocenters. The molecule has 0 spiro atoms. The number of carbonyl (C=O) groups is 1. The lowest BCUT2D eigenvalue weighted by Crippen LogP contribution is -1.69. The molecule has 0 saturated carbocycles. The fourth-order valence-electron chi connectivity index (χ4n) is 0.534. The van der Waals surface area contributed by atoms with E-state index in [9.17, 15) is 4.79 Å². The maximum Gasteiger partial charge on any atom is 0.126 e. The molecule has 1 aromatic carbocycles. The van der Waals surface area contributed by atoms with Crippen LogP contribution in [-0.4, -0.2) is 5.78 Å². The number of Topliss-reactive ketones (excluding diaryl/α,β-unsaturated/α-hetero) is 1. The molecule has 0 N–H and O–H groups in total. The van der Waals surface area contributed by atoms with Gasteiger partial charge in [0.2, 0.25) is 0 Å². The van der Waals surface area contributed by atoms with Gasteiger partial charge in [0.1, 0.15) is 5.78 Å². The molecule has 0 heterocycles. The van der Waals surface area contributed by atoms with Crippen LogP contribution >= 0.6 is 0 Å². The van der Waals surface area contributed by atoms with Gasteiger partial charge in [0, 0.05) is 0 Å². The van der Waals surface area contributed by atoms with Gasteiger partial charge in [0.05, 0.1) is 0 Å². The van der Waals surface area contributed by atoms with Crippen molar-refractivity contribution in [3.05, 3.63) is 35.9 Å². The molecule has 11 heavy (non-hydrogen) atoms. The van der Waals surface area contributed by atoms with Crippen molar-refractivity contribution >= 4 is 5.78 Å². The van der Waals surface area contributed by atoms with Crippen LogP contribution < -0.4 is 0 Å². The highest BCUT2D eigenvalue weighted by molar-refractivity contribution is 5.72. The molecule has 1 heteroatoms. The van der Waals surface area contributed by atoms with Crippen molar-refractivity contribution in [2.75, 3.05) is 0 Å². The molecule has 0 aliphatic rings. The predicted molar refractivity (Wildman–Crippen MR) is 47.5 cm³/mol. The summed E-state index contributed by atoms with van der Waals surface area (Å²) in [6.45, 7) is 5.14. The second-order valence-corrected chi connectivity index (χ2v) is 2.56. The highest BCUT2D eigenvalue weighted by Crippen LogP contribution is 1.92. The summed E-state index contributed by atoms with van der Waals surface area (Å²) in [6, 6.07) is 10.3. The number of hydrogen-bond acceptors (Lipinski definition) is 1. The fraction of sp³-hybridized carbons (Fsp3) is 0.300. The Bertz CT molecular complexity index is 197. The van der Waals surface area contributed by atoms with Gasteiger partial charge in [-0.25, -0.2) is 0 Å². The summed E-state index contributed by atoms with van der Waals surface area (Å²) in [7, 11) is 0. The first-order valence-corrected chi connectivity index (χ1v) is 3.61. The first kappa shape index (κ1) is 9.89. The summed E-state index contributed by atoms with van der Waals surface area (Å²) in [4.78, 5) is 9.44. The van der Waals surface area contributed by atoms with Crippen LogP contribution in [0.4, 0.5) is 0 Å². The largest absolute Gasteiger partial charge is 0.300 e. The summed E-state index contributed by atoms with van der Waals surface area (Å²) in [5, 5.41) is 0. The number of benzene rings is 1.